The van der Waals surface area contributed by atoms with Gasteiger partial charge < -0.3 is 9.90 Å². The zero-order valence-electron chi connectivity index (χ0n) is 10.2. The molecule has 98 valence electrons. The van der Waals surface area contributed by atoms with Crippen molar-refractivity contribution in [2.45, 2.75) is 36.3 Å². The topological polar surface area (TPSA) is 54.4 Å². The van der Waals surface area contributed by atoms with E-state index in [1.54, 1.807) is 21.6 Å². The molecule has 0 saturated heterocycles. The molecule has 1 aromatic carbocycles. The fraction of sp³-hybridized carbons (Fsp3) is 0.385. The largest absolute Gasteiger partial charge is 0.481 e. The smallest absolute Gasteiger partial charge is 0.303 e. The molecule has 0 heterocycles. The van der Waals surface area contributed by atoms with E-state index in [2.05, 4.69) is 0 Å². The number of carboxylic acid groups (broad SMARTS) is 1. The van der Waals surface area contributed by atoms with Gasteiger partial charge in [0.05, 0.1) is 0 Å². The first-order chi connectivity index (χ1) is 8.63. The van der Waals surface area contributed by atoms with E-state index in [0.717, 1.165) is 16.7 Å². The molecule has 0 bridgehead atoms. The van der Waals surface area contributed by atoms with Gasteiger partial charge in [-0.3, -0.25) is 4.79 Å². The summed E-state index contributed by atoms with van der Waals surface area (Å²) in [5.41, 5.74) is 1.02. The zero-order valence-corrected chi connectivity index (χ0v) is 11.8. The molecule has 1 atom stereocenters. The van der Waals surface area contributed by atoms with Crippen molar-refractivity contribution >= 4 is 33.8 Å². The lowest BCUT2D eigenvalue weighted by Crippen LogP contribution is -2.01. The Hall–Kier alpha value is -0.940. The third-order valence-corrected chi connectivity index (χ3v) is 5.39. The van der Waals surface area contributed by atoms with Gasteiger partial charge in [-0.15, -0.1) is 0 Å². The Labute approximate surface area is 115 Å². The van der Waals surface area contributed by atoms with Gasteiger partial charge in [-0.05, 0) is 18.1 Å². The van der Waals surface area contributed by atoms with Crippen LogP contribution in [0.4, 0.5) is 0 Å². The summed E-state index contributed by atoms with van der Waals surface area (Å²) in [4.78, 5) is 22.1. The van der Waals surface area contributed by atoms with E-state index < -0.39 is 5.97 Å². The van der Waals surface area contributed by atoms with E-state index in [9.17, 15) is 9.59 Å². The summed E-state index contributed by atoms with van der Waals surface area (Å²) in [5, 5.41) is 8.88. The molecule has 1 N–H and O–H groups in total. The molecule has 0 spiro atoms. The number of carbonyl (C=O) groups is 2. The zero-order chi connectivity index (χ0) is 13.4. The van der Waals surface area contributed by atoms with E-state index in [1.165, 1.54) is 0 Å². The first-order valence-electron chi connectivity index (χ1n) is 5.70. The summed E-state index contributed by atoms with van der Waals surface area (Å²) in [5.74, 6) is -0.756. The van der Waals surface area contributed by atoms with Crippen LogP contribution in [0.15, 0.2) is 29.2 Å². The van der Waals surface area contributed by atoms with Crippen LogP contribution in [0.5, 0.6) is 0 Å². The average molecular weight is 284 g/mol. The van der Waals surface area contributed by atoms with Crippen molar-refractivity contribution < 1.29 is 14.7 Å². The summed E-state index contributed by atoms with van der Waals surface area (Å²) in [6.07, 6.45) is 2.18. The third-order valence-electron chi connectivity index (χ3n) is 2.34. The maximum absolute atomic E-state index is 10.6. The summed E-state index contributed by atoms with van der Waals surface area (Å²) >= 11 is 0. The summed E-state index contributed by atoms with van der Waals surface area (Å²) in [6, 6.07) is 7.79. The normalized spacial score (nSPS) is 12.1. The van der Waals surface area contributed by atoms with E-state index >= 15 is 0 Å². The van der Waals surface area contributed by atoms with Gasteiger partial charge in [-0.1, -0.05) is 46.7 Å². The number of hydrogen-bond acceptors (Lipinski definition) is 4. The lowest BCUT2D eigenvalue weighted by atomic mass is 10.2. The van der Waals surface area contributed by atoms with Gasteiger partial charge in [-0.2, -0.15) is 0 Å². The second kappa shape index (κ2) is 8.21. The first-order valence-corrected chi connectivity index (χ1v) is 7.91. The van der Waals surface area contributed by atoms with Crippen molar-refractivity contribution in [3.05, 3.63) is 29.8 Å². The lowest BCUT2D eigenvalue weighted by molar-refractivity contribution is -0.137. The Bertz CT molecular complexity index is 407. The van der Waals surface area contributed by atoms with Gasteiger partial charge in [0, 0.05) is 23.0 Å². The summed E-state index contributed by atoms with van der Waals surface area (Å²) in [6.45, 7) is 2.02. The molecule has 5 heteroatoms. The maximum Gasteiger partial charge on any atom is 0.303 e. The van der Waals surface area contributed by atoms with E-state index in [-0.39, 0.29) is 11.7 Å². The van der Waals surface area contributed by atoms with Crippen LogP contribution < -0.4 is 0 Å². The minimum absolute atomic E-state index is 0.199. The monoisotopic (exact) mass is 284 g/mol. The number of benzene rings is 1. The summed E-state index contributed by atoms with van der Waals surface area (Å²) < 4.78 is 0. The number of carbonyl (C=O) groups excluding carboxylic acids is 1. The Morgan fingerprint density at radius 2 is 2.17 bits per heavy atom. The Kier molecular flexibility index (Phi) is 6.90. The second-order valence-corrected chi connectivity index (χ2v) is 6.58. The molecule has 0 saturated carbocycles. The van der Waals surface area contributed by atoms with Crippen LogP contribution in [-0.2, 0) is 16.0 Å². The highest BCUT2D eigenvalue weighted by Crippen LogP contribution is 2.37. The first kappa shape index (κ1) is 15.1. The molecular formula is C13H16O3S2. The molecule has 1 aromatic rings. The number of rotatable bonds is 8. The average Bonchev–Trinajstić information content (AvgIpc) is 2.35. The minimum Gasteiger partial charge on any atom is -0.481 e. The molecule has 0 aromatic heterocycles. The number of aliphatic carboxylic acids is 1. The molecule has 0 fully saturated rings. The standard InChI is InChI=1S/C13H16O3S2/c1-10(6-7-13(15)16)17-18-12-5-3-2-4-11(12)8-9-14/h2-5,9-10H,6-8H2,1H3,(H,15,16). The SMILES string of the molecule is CC(CCC(=O)O)SSc1ccccc1CC=O. The molecule has 0 radical (unpaired) electrons. The predicted molar refractivity (Wildman–Crippen MR) is 76.0 cm³/mol. The van der Waals surface area contributed by atoms with Gasteiger partial charge in [0.2, 0.25) is 0 Å². The van der Waals surface area contributed by atoms with Crippen molar-refractivity contribution in [3.8, 4) is 0 Å². The van der Waals surface area contributed by atoms with Crippen LogP contribution in [0.1, 0.15) is 25.3 Å². The van der Waals surface area contributed by atoms with Crippen molar-refractivity contribution in [1.82, 2.24) is 0 Å². The third kappa shape index (κ3) is 5.60. The van der Waals surface area contributed by atoms with Gasteiger partial charge in [0.1, 0.15) is 6.29 Å². The highest BCUT2D eigenvalue weighted by Gasteiger charge is 2.09. The molecule has 1 rings (SSSR count). The van der Waals surface area contributed by atoms with Crippen molar-refractivity contribution in [3.63, 3.8) is 0 Å². The van der Waals surface area contributed by atoms with Crippen LogP contribution in [0.25, 0.3) is 0 Å². The second-order valence-electron chi connectivity index (χ2n) is 3.90. The molecule has 0 amide bonds. The Morgan fingerprint density at radius 3 is 2.83 bits per heavy atom. The Balaban J connectivity index is 2.47. The quantitative estimate of drug-likeness (QED) is 0.585. The minimum atomic E-state index is -0.756. The van der Waals surface area contributed by atoms with Gasteiger partial charge in [0.25, 0.3) is 0 Å². The molecular weight excluding hydrogens is 268 g/mol. The van der Waals surface area contributed by atoms with Gasteiger partial charge in [-0.25, -0.2) is 0 Å². The van der Waals surface area contributed by atoms with Crippen molar-refractivity contribution in [2.75, 3.05) is 0 Å². The number of carboxylic acids is 1. The lowest BCUT2D eigenvalue weighted by Gasteiger charge is -2.10. The number of hydrogen-bond donors (Lipinski definition) is 1. The van der Waals surface area contributed by atoms with E-state index in [1.807, 2.05) is 31.2 Å². The van der Waals surface area contributed by atoms with Crippen LogP contribution in [0.3, 0.4) is 0 Å². The highest BCUT2D eigenvalue weighted by molar-refractivity contribution is 8.76. The predicted octanol–water partition coefficient (Wildman–Crippen LogP) is 3.42. The Morgan fingerprint density at radius 1 is 1.44 bits per heavy atom. The van der Waals surface area contributed by atoms with Crippen molar-refractivity contribution in [2.24, 2.45) is 0 Å². The highest BCUT2D eigenvalue weighted by atomic mass is 33.1. The molecule has 0 aliphatic rings. The van der Waals surface area contributed by atoms with Crippen LogP contribution in [-0.4, -0.2) is 22.6 Å². The molecule has 18 heavy (non-hydrogen) atoms. The van der Waals surface area contributed by atoms with E-state index in [4.69, 9.17) is 5.11 Å². The maximum atomic E-state index is 10.6. The molecule has 1 unspecified atom stereocenters. The number of aldehydes is 1. The van der Waals surface area contributed by atoms with Crippen molar-refractivity contribution in [1.29, 1.82) is 0 Å². The molecule has 0 aliphatic carbocycles. The van der Waals surface area contributed by atoms with E-state index in [0.29, 0.717) is 12.8 Å². The fourth-order valence-electron chi connectivity index (χ4n) is 1.35. The molecule has 0 aliphatic heterocycles. The van der Waals surface area contributed by atoms with Crippen LogP contribution in [0, 0.1) is 0 Å². The fourth-order valence-corrected chi connectivity index (χ4v) is 3.81. The van der Waals surface area contributed by atoms with Gasteiger partial charge >= 0.3 is 5.97 Å². The summed E-state index contributed by atoms with van der Waals surface area (Å²) in [7, 11) is 3.26. The van der Waals surface area contributed by atoms with Crippen LogP contribution >= 0.6 is 21.6 Å². The van der Waals surface area contributed by atoms with Gasteiger partial charge in [0.15, 0.2) is 0 Å². The molecule has 3 nitrogen and oxygen atoms in total. The van der Waals surface area contributed by atoms with Crippen LogP contribution in [0.2, 0.25) is 0 Å².